The minimum Gasteiger partial charge on any atom is -0.508 e. The number of carbonyl (C=O) groups is 2. The highest BCUT2D eigenvalue weighted by Crippen LogP contribution is 2.27. The Morgan fingerprint density at radius 2 is 1.82 bits per heavy atom. The molecule has 1 atom stereocenters. The van der Waals surface area contributed by atoms with E-state index in [0.29, 0.717) is 16.7 Å². The number of benzene rings is 2. The van der Waals surface area contributed by atoms with Crippen molar-refractivity contribution in [3.05, 3.63) is 64.7 Å². The van der Waals surface area contributed by atoms with Crippen LogP contribution in [0, 0.1) is 11.3 Å². The van der Waals surface area contributed by atoms with Gasteiger partial charge in [-0.15, -0.1) is 0 Å². The van der Waals surface area contributed by atoms with Crippen LogP contribution in [0.2, 0.25) is 0 Å². The molecule has 0 heterocycles. The summed E-state index contributed by atoms with van der Waals surface area (Å²) in [5, 5.41) is 18.4. The predicted octanol–water partition coefficient (Wildman–Crippen LogP) is 2.35. The maximum atomic E-state index is 12.5. The maximum Gasteiger partial charge on any atom is 0.249 e. The van der Waals surface area contributed by atoms with Crippen molar-refractivity contribution in [1.82, 2.24) is 0 Å². The molecule has 0 radical (unpaired) electrons. The van der Waals surface area contributed by atoms with Gasteiger partial charge in [0.2, 0.25) is 5.91 Å². The number of hydrogen-bond donors (Lipinski definition) is 2. The van der Waals surface area contributed by atoms with Crippen LogP contribution in [-0.4, -0.2) is 16.8 Å². The lowest BCUT2D eigenvalue weighted by Gasteiger charge is -2.14. The summed E-state index contributed by atoms with van der Waals surface area (Å²) in [6, 6.07) is 12.3. The number of amides is 1. The summed E-state index contributed by atoms with van der Waals surface area (Å²) < 4.78 is 0. The number of nitriles is 1. The molecular weight excluding hydrogens is 280 g/mol. The zero-order valence-corrected chi connectivity index (χ0v) is 11.9. The van der Waals surface area contributed by atoms with Crippen molar-refractivity contribution in [3.8, 4) is 11.8 Å². The Balaban J connectivity index is 2.40. The Kier molecular flexibility index (Phi) is 4.23. The fraction of sp³-hybridized carbons (Fsp3) is 0.118. The van der Waals surface area contributed by atoms with E-state index in [2.05, 4.69) is 0 Å². The lowest BCUT2D eigenvalue weighted by molar-refractivity contribution is 0.0965. The summed E-state index contributed by atoms with van der Waals surface area (Å²) in [5.41, 5.74) is 6.77. The average Bonchev–Trinajstić information content (AvgIpc) is 2.53. The van der Waals surface area contributed by atoms with Crippen molar-refractivity contribution in [2.45, 2.75) is 12.8 Å². The number of hydrogen-bond acceptors (Lipinski definition) is 4. The fourth-order valence-corrected chi connectivity index (χ4v) is 2.23. The quantitative estimate of drug-likeness (QED) is 0.844. The molecule has 5 nitrogen and oxygen atoms in total. The Labute approximate surface area is 127 Å². The van der Waals surface area contributed by atoms with Gasteiger partial charge in [0.1, 0.15) is 5.75 Å². The number of aromatic hydroxyl groups is 1. The molecule has 110 valence electrons. The smallest absolute Gasteiger partial charge is 0.249 e. The first-order valence-corrected chi connectivity index (χ1v) is 6.61. The van der Waals surface area contributed by atoms with Crippen LogP contribution in [0.15, 0.2) is 42.5 Å². The first kappa shape index (κ1) is 15.3. The van der Waals surface area contributed by atoms with Crippen molar-refractivity contribution in [1.29, 1.82) is 5.26 Å². The molecule has 0 spiro atoms. The SMILES string of the molecule is CC(C(=O)c1ccc(C#N)cc1)c1cc(O)ccc1C(N)=O. The predicted molar refractivity (Wildman–Crippen MR) is 80.5 cm³/mol. The second-order valence-corrected chi connectivity index (χ2v) is 4.91. The number of nitrogens with zero attached hydrogens (tertiary/aromatic N) is 1. The molecular formula is C17H14N2O3. The van der Waals surface area contributed by atoms with Gasteiger partial charge in [-0.2, -0.15) is 5.26 Å². The van der Waals surface area contributed by atoms with Gasteiger partial charge in [0, 0.05) is 17.0 Å². The van der Waals surface area contributed by atoms with Crippen molar-refractivity contribution in [3.63, 3.8) is 0 Å². The van der Waals surface area contributed by atoms with E-state index in [0.717, 1.165) is 0 Å². The van der Waals surface area contributed by atoms with Crippen LogP contribution >= 0.6 is 0 Å². The molecule has 1 amide bonds. The van der Waals surface area contributed by atoms with Gasteiger partial charge in [-0.05, 0) is 35.9 Å². The van der Waals surface area contributed by atoms with Crippen molar-refractivity contribution >= 4 is 11.7 Å². The van der Waals surface area contributed by atoms with Gasteiger partial charge in [-0.3, -0.25) is 9.59 Å². The van der Waals surface area contributed by atoms with Crippen molar-refractivity contribution in [2.75, 3.05) is 0 Å². The van der Waals surface area contributed by atoms with Crippen LogP contribution in [0.3, 0.4) is 0 Å². The summed E-state index contributed by atoms with van der Waals surface area (Å²) in [7, 11) is 0. The first-order chi connectivity index (χ1) is 10.4. The van der Waals surface area contributed by atoms with Crippen LogP contribution in [-0.2, 0) is 0 Å². The van der Waals surface area contributed by atoms with E-state index in [1.54, 1.807) is 31.2 Å². The van der Waals surface area contributed by atoms with Crippen LogP contribution in [0.1, 0.15) is 44.7 Å². The zero-order valence-electron chi connectivity index (χ0n) is 11.9. The highest BCUT2D eigenvalue weighted by atomic mass is 16.3. The fourth-order valence-electron chi connectivity index (χ4n) is 2.23. The molecule has 0 aromatic heterocycles. The van der Waals surface area contributed by atoms with E-state index in [4.69, 9.17) is 11.0 Å². The minimum atomic E-state index is -0.658. The molecule has 2 aromatic rings. The molecule has 0 aliphatic carbocycles. The van der Waals surface area contributed by atoms with Gasteiger partial charge in [0.05, 0.1) is 11.6 Å². The second kappa shape index (κ2) is 6.10. The minimum absolute atomic E-state index is 0.0421. The highest BCUT2D eigenvalue weighted by Gasteiger charge is 2.22. The largest absolute Gasteiger partial charge is 0.508 e. The highest BCUT2D eigenvalue weighted by molar-refractivity contribution is 6.03. The van der Waals surface area contributed by atoms with Gasteiger partial charge in [-0.25, -0.2) is 0 Å². The number of primary amides is 1. The molecule has 22 heavy (non-hydrogen) atoms. The number of carbonyl (C=O) groups excluding carboxylic acids is 2. The third-order valence-corrected chi connectivity index (χ3v) is 3.46. The first-order valence-electron chi connectivity index (χ1n) is 6.61. The molecule has 0 saturated carbocycles. The summed E-state index contributed by atoms with van der Waals surface area (Å²) in [6.45, 7) is 1.64. The van der Waals surface area contributed by atoms with Crippen LogP contribution in [0.5, 0.6) is 5.75 Å². The van der Waals surface area contributed by atoms with Gasteiger partial charge in [-0.1, -0.05) is 19.1 Å². The molecule has 0 aliphatic rings. The second-order valence-electron chi connectivity index (χ2n) is 4.91. The van der Waals surface area contributed by atoms with Gasteiger partial charge < -0.3 is 10.8 Å². The third kappa shape index (κ3) is 2.96. The molecule has 2 aromatic carbocycles. The number of ketones is 1. The summed E-state index contributed by atoms with van der Waals surface area (Å²) in [4.78, 5) is 24.0. The number of rotatable bonds is 4. The normalized spacial score (nSPS) is 11.5. The van der Waals surface area contributed by atoms with E-state index in [1.807, 2.05) is 6.07 Å². The Morgan fingerprint density at radius 1 is 1.18 bits per heavy atom. The number of Topliss-reactive ketones (excluding diaryl/α,β-unsaturated/α-hetero) is 1. The summed E-state index contributed by atoms with van der Waals surface area (Å²) >= 11 is 0. The van der Waals surface area contributed by atoms with Crippen LogP contribution in [0.25, 0.3) is 0 Å². The van der Waals surface area contributed by atoms with E-state index in [-0.39, 0.29) is 17.1 Å². The maximum absolute atomic E-state index is 12.5. The summed E-state index contributed by atoms with van der Waals surface area (Å²) in [6.07, 6.45) is 0. The number of phenols is 1. The molecule has 0 bridgehead atoms. The Morgan fingerprint density at radius 3 is 2.36 bits per heavy atom. The number of phenolic OH excluding ortho intramolecular Hbond substituents is 1. The zero-order chi connectivity index (χ0) is 16.3. The molecule has 2 rings (SSSR count). The lowest BCUT2D eigenvalue weighted by atomic mass is 9.88. The van der Waals surface area contributed by atoms with Crippen LogP contribution < -0.4 is 5.73 Å². The molecule has 0 fully saturated rings. The number of nitrogens with two attached hydrogens (primary N) is 1. The molecule has 0 saturated heterocycles. The van der Waals surface area contributed by atoms with Crippen molar-refractivity contribution in [2.24, 2.45) is 5.73 Å². The molecule has 1 unspecified atom stereocenters. The Hall–Kier alpha value is -3.13. The van der Waals surface area contributed by atoms with Crippen LogP contribution in [0.4, 0.5) is 0 Å². The van der Waals surface area contributed by atoms with E-state index >= 15 is 0 Å². The molecule has 5 heteroatoms. The monoisotopic (exact) mass is 294 g/mol. The lowest BCUT2D eigenvalue weighted by Crippen LogP contribution is -2.18. The third-order valence-electron chi connectivity index (χ3n) is 3.46. The standard InChI is InChI=1S/C17H14N2O3/c1-10(15-8-13(20)6-7-14(15)17(19)22)16(21)12-4-2-11(9-18)3-5-12/h2-8,10,20H,1H3,(H2,19,22). The van der Waals surface area contributed by atoms with Gasteiger partial charge in [0.15, 0.2) is 5.78 Å². The average molecular weight is 294 g/mol. The summed E-state index contributed by atoms with van der Waals surface area (Å²) in [5.74, 6) is -1.57. The van der Waals surface area contributed by atoms with Gasteiger partial charge >= 0.3 is 0 Å². The van der Waals surface area contributed by atoms with E-state index in [9.17, 15) is 14.7 Å². The molecule has 3 N–H and O–H groups in total. The Bertz CT molecular complexity index is 773. The topological polar surface area (TPSA) is 104 Å². The van der Waals surface area contributed by atoms with Gasteiger partial charge in [0.25, 0.3) is 0 Å². The van der Waals surface area contributed by atoms with E-state index < -0.39 is 11.8 Å². The molecule has 0 aliphatic heterocycles. The van der Waals surface area contributed by atoms with Crippen molar-refractivity contribution < 1.29 is 14.7 Å². The van der Waals surface area contributed by atoms with E-state index in [1.165, 1.54) is 18.2 Å².